The third-order valence-corrected chi connectivity index (χ3v) is 3.85. The Kier molecular flexibility index (Phi) is 7.76. The van der Waals surface area contributed by atoms with Crippen LogP contribution in [0.1, 0.15) is 5.56 Å². The number of thiocarbonyl (C=S) groups is 1. The van der Waals surface area contributed by atoms with Crippen molar-refractivity contribution in [2.45, 2.75) is 6.42 Å². The van der Waals surface area contributed by atoms with E-state index in [2.05, 4.69) is 17.2 Å². The first-order chi connectivity index (χ1) is 12.7. The zero-order chi connectivity index (χ0) is 18.8. The molecule has 0 aliphatic rings. The summed E-state index contributed by atoms with van der Waals surface area (Å²) in [6, 6.07) is 13.5. The fourth-order valence-corrected chi connectivity index (χ4v) is 2.57. The van der Waals surface area contributed by atoms with Crippen molar-refractivity contribution < 1.29 is 14.2 Å². The van der Waals surface area contributed by atoms with Crippen LogP contribution in [0.2, 0.25) is 0 Å². The van der Waals surface area contributed by atoms with Gasteiger partial charge in [0.15, 0.2) is 16.6 Å². The molecule has 0 radical (unpaired) electrons. The third kappa shape index (κ3) is 5.97. The van der Waals surface area contributed by atoms with Crippen molar-refractivity contribution in [3.8, 4) is 17.2 Å². The third-order valence-electron chi connectivity index (χ3n) is 3.61. The van der Waals surface area contributed by atoms with Crippen LogP contribution in [0, 0.1) is 0 Å². The first kappa shape index (κ1) is 19.6. The molecule has 2 aromatic carbocycles. The number of ether oxygens (including phenoxy) is 3. The average Bonchev–Trinajstić information content (AvgIpc) is 2.66. The van der Waals surface area contributed by atoms with Gasteiger partial charge in [-0.15, -0.1) is 0 Å². The van der Waals surface area contributed by atoms with Gasteiger partial charge in [-0.1, -0.05) is 24.8 Å². The predicted octanol–water partition coefficient (Wildman–Crippen LogP) is 3.80. The Morgan fingerprint density at radius 1 is 1.12 bits per heavy atom. The molecule has 6 heteroatoms. The minimum absolute atomic E-state index is 0.470. The maximum Gasteiger partial charge on any atom is 0.170 e. The van der Waals surface area contributed by atoms with Gasteiger partial charge in [0.05, 0.1) is 14.2 Å². The zero-order valence-corrected chi connectivity index (χ0v) is 15.9. The van der Waals surface area contributed by atoms with Crippen LogP contribution in [0.4, 0.5) is 5.69 Å². The van der Waals surface area contributed by atoms with Crippen molar-refractivity contribution in [2.75, 3.05) is 32.7 Å². The summed E-state index contributed by atoms with van der Waals surface area (Å²) < 4.78 is 16.1. The van der Waals surface area contributed by atoms with Gasteiger partial charge < -0.3 is 24.8 Å². The normalized spacial score (nSPS) is 9.92. The summed E-state index contributed by atoms with van der Waals surface area (Å²) >= 11 is 5.35. The largest absolute Gasteiger partial charge is 0.493 e. The average molecular weight is 372 g/mol. The Labute approximate surface area is 160 Å². The minimum atomic E-state index is 0.470. The van der Waals surface area contributed by atoms with Crippen molar-refractivity contribution in [1.82, 2.24) is 5.32 Å². The van der Waals surface area contributed by atoms with Crippen molar-refractivity contribution in [3.05, 3.63) is 60.7 Å². The molecule has 2 rings (SSSR count). The van der Waals surface area contributed by atoms with Gasteiger partial charge in [-0.3, -0.25) is 0 Å². The Morgan fingerprint density at radius 2 is 1.92 bits per heavy atom. The maximum atomic E-state index is 5.51. The van der Waals surface area contributed by atoms with Gasteiger partial charge in [-0.05, 0) is 48.5 Å². The van der Waals surface area contributed by atoms with Crippen LogP contribution in [-0.2, 0) is 6.42 Å². The lowest BCUT2D eigenvalue weighted by Crippen LogP contribution is -2.30. The fraction of sp³-hybridized carbons (Fsp3) is 0.250. The number of nitrogens with one attached hydrogen (secondary N) is 2. The van der Waals surface area contributed by atoms with E-state index in [4.69, 9.17) is 26.4 Å². The number of rotatable bonds is 9. The highest BCUT2D eigenvalue weighted by atomic mass is 32.1. The molecular formula is C20H24N2O3S. The highest BCUT2D eigenvalue weighted by Crippen LogP contribution is 2.27. The van der Waals surface area contributed by atoms with Crippen molar-refractivity contribution in [1.29, 1.82) is 0 Å². The van der Waals surface area contributed by atoms with Crippen LogP contribution in [0.25, 0.3) is 0 Å². The SMILES string of the molecule is C=CCOc1cccc(NC(=S)NCCc2ccc(OC)c(OC)c2)c1. The van der Waals surface area contributed by atoms with Crippen molar-refractivity contribution in [3.63, 3.8) is 0 Å². The van der Waals surface area contributed by atoms with E-state index in [1.165, 1.54) is 0 Å². The van der Waals surface area contributed by atoms with Crippen LogP contribution in [0.3, 0.4) is 0 Å². The van der Waals surface area contributed by atoms with Crippen LogP contribution in [0.5, 0.6) is 17.2 Å². The Hall–Kier alpha value is -2.73. The summed E-state index contributed by atoms with van der Waals surface area (Å²) in [7, 11) is 3.26. The molecule has 0 saturated heterocycles. The Bertz CT molecular complexity index is 750. The lowest BCUT2D eigenvalue weighted by Gasteiger charge is -2.13. The number of benzene rings is 2. The number of anilines is 1. The van der Waals surface area contributed by atoms with E-state index < -0.39 is 0 Å². The zero-order valence-electron chi connectivity index (χ0n) is 15.1. The van der Waals surface area contributed by atoms with E-state index in [9.17, 15) is 0 Å². The van der Waals surface area contributed by atoms with Gasteiger partial charge in [0.2, 0.25) is 0 Å². The molecule has 26 heavy (non-hydrogen) atoms. The monoisotopic (exact) mass is 372 g/mol. The van der Waals surface area contributed by atoms with Crippen molar-refractivity contribution in [2.24, 2.45) is 0 Å². The molecule has 0 aliphatic heterocycles. The van der Waals surface area contributed by atoms with Crippen molar-refractivity contribution >= 4 is 23.0 Å². The smallest absolute Gasteiger partial charge is 0.170 e. The standard InChI is InChI=1S/C20H24N2O3S/c1-4-12-25-17-7-5-6-16(14-17)22-20(26)21-11-10-15-8-9-18(23-2)19(13-15)24-3/h4-9,13-14H,1,10-12H2,2-3H3,(H2,21,22,26). The topological polar surface area (TPSA) is 51.8 Å². The van der Waals surface area contributed by atoms with Gasteiger partial charge in [0.1, 0.15) is 12.4 Å². The van der Waals surface area contributed by atoms with Gasteiger partial charge in [0, 0.05) is 18.3 Å². The molecule has 0 saturated carbocycles. The molecule has 0 atom stereocenters. The fourth-order valence-electron chi connectivity index (χ4n) is 2.35. The molecule has 2 N–H and O–H groups in total. The van der Waals surface area contributed by atoms with E-state index in [1.54, 1.807) is 20.3 Å². The Morgan fingerprint density at radius 3 is 2.65 bits per heavy atom. The molecule has 0 fully saturated rings. The number of hydrogen-bond donors (Lipinski definition) is 2. The molecule has 0 bridgehead atoms. The molecule has 0 aliphatic carbocycles. The molecule has 0 heterocycles. The summed E-state index contributed by atoms with van der Waals surface area (Å²) in [5, 5.41) is 6.92. The van der Waals surface area contributed by atoms with Gasteiger partial charge >= 0.3 is 0 Å². The van der Waals surface area contributed by atoms with E-state index in [0.717, 1.165) is 34.9 Å². The molecule has 2 aromatic rings. The molecule has 0 amide bonds. The molecule has 0 spiro atoms. The minimum Gasteiger partial charge on any atom is -0.493 e. The predicted molar refractivity (Wildman–Crippen MR) is 110 cm³/mol. The number of methoxy groups -OCH3 is 2. The first-order valence-corrected chi connectivity index (χ1v) is 8.66. The van der Waals surface area contributed by atoms with E-state index in [-0.39, 0.29) is 0 Å². The molecular weight excluding hydrogens is 348 g/mol. The second kappa shape index (κ2) is 10.3. The van der Waals surface area contributed by atoms with Crippen LogP contribution < -0.4 is 24.8 Å². The van der Waals surface area contributed by atoms with Gasteiger partial charge in [0.25, 0.3) is 0 Å². The lowest BCUT2D eigenvalue weighted by molar-refractivity contribution is 0.354. The lowest BCUT2D eigenvalue weighted by atomic mass is 10.1. The molecule has 138 valence electrons. The second-order valence-electron chi connectivity index (χ2n) is 5.45. The summed E-state index contributed by atoms with van der Waals surface area (Å²) in [6.07, 6.45) is 2.52. The Balaban J connectivity index is 1.83. The summed E-state index contributed by atoms with van der Waals surface area (Å²) in [4.78, 5) is 0. The van der Waals surface area contributed by atoms with Gasteiger partial charge in [-0.2, -0.15) is 0 Å². The van der Waals surface area contributed by atoms with Crippen LogP contribution >= 0.6 is 12.2 Å². The second-order valence-corrected chi connectivity index (χ2v) is 5.86. The number of hydrogen-bond acceptors (Lipinski definition) is 4. The maximum absolute atomic E-state index is 5.51. The molecule has 5 nitrogen and oxygen atoms in total. The van der Waals surface area contributed by atoms with Crippen LogP contribution in [-0.4, -0.2) is 32.5 Å². The highest BCUT2D eigenvalue weighted by molar-refractivity contribution is 7.80. The summed E-state index contributed by atoms with van der Waals surface area (Å²) in [6.45, 7) is 4.81. The van der Waals surface area contributed by atoms with Crippen LogP contribution in [0.15, 0.2) is 55.1 Å². The molecule has 0 aromatic heterocycles. The van der Waals surface area contributed by atoms with E-state index >= 15 is 0 Å². The van der Waals surface area contributed by atoms with E-state index in [1.807, 2.05) is 42.5 Å². The van der Waals surface area contributed by atoms with Gasteiger partial charge in [-0.25, -0.2) is 0 Å². The first-order valence-electron chi connectivity index (χ1n) is 8.25. The quantitative estimate of drug-likeness (QED) is 0.516. The summed E-state index contributed by atoms with van der Waals surface area (Å²) in [5.41, 5.74) is 2.01. The summed E-state index contributed by atoms with van der Waals surface area (Å²) in [5.74, 6) is 2.21. The highest BCUT2D eigenvalue weighted by Gasteiger charge is 2.05. The van der Waals surface area contributed by atoms with E-state index in [0.29, 0.717) is 18.3 Å². The molecule has 0 unspecified atom stereocenters.